The van der Waals surface area contributed by atoms with E-state index < -0.39 is 0 Å². The molecule has 1 aliphatic heterocycles. The highest BCUT2D eigenvalue weighted by Gasteiger charge is 2.45. The lowest BCUT2D eigenvalue weighted by Gasteiger charge is -2.18. The van der Waals surface area contributed by atoms with E-state index in [1.807, 2.05) is 12.1 Å². The number of fused-ring (bicyclic) bond motifs is 2. The van der Waals surface area contributed by atoms with Crippen LogP contribution in [0.5, 0.6) is 5.75 Å². The van der Waals surface area contributed by atoms with Crippen LogP contribution in [0.4, 0.5) is 5.82 Å². The predicted octanol–water partition coefficient (Wildman–Crippen LogP) is 3.41. The molecular weight excluding hydrogens is 326 g/mol. The highest BCUT2D eigenvalue weighted by atomic mass is 16.5. The molecule has 0 spiro atoms. The average molecular weight is 347 g/mol. The smallest absolute Gasteiger partial charge is 0.132 e. The van der Waals surface area contributed by atoms with Gasteiger partial charge in [0.25, 0.3) is 0 Å². The van der Waals surface area contributed by atoms with Crippen LogP contribution >= 0.6 is 0 Å². The number of hydrogen-bond acceptors (Lipinski definition) is 5. The van der Waals surface area contributed by atoms with E-state index in [4.69, 9.17) is 4.74 Å². The summed E-state index contributed by atoms with van der Waals surface area (Å²) in [5.74, 6) is 3.66. The maximum absolute atomic E-state index is 6.12. The summed E-state index contributed by atoms with van der Waals surface area (Å²) in [7, 11) is 0. The molecule has 1 saturated heterocycles. The largest absolute Gasteiger partial charge is 0.488 e. The topological polar surface area (TPSA) is 66.9 Å². The molecule has 0 unspecified atom stereocenters. The predicted molar refractivity (Wildman–Crippen MR) is 99.2 cm³/mol. The number of benzene rings is 1. The summed E-state index contributed by atoms with van der Waals surface area (Å²) in [5, 5.41) is 8.68. The quantitative estimate of drug-likeness (QED) is 0.783. The lowest BCUT2D eigenvalue weighted by atomic mass is 10.1. The van der Waals surface area contributed by atoms with Crippen molar-refractivity contribution in [1.29, 1.82) is 0 Å². The third kappa shape index (κ3) is 2.35. The summed E-state index contributed by atoms with van der Waals surface area (Å²) < 4.78 is 6.12. The van der Waals surface area contributed by atoms with Gasteiger partial charge in [0.2, 0.25) is 0 Å². The molecule has 6 rings (SSSR count). The lowest BCUT2D eigenvalue weighted by Crippen LogP contribution is -2.22. The van der Waals surface area contributed by atoms with Crippen molar-refractivity contribution in [2.45, 2.75) is 31.8 Å². The molecule has 2 saturated carbocycles. The van der Waals surface area contributed by atoms with Gasteiger partial charge in [0.05, 0.1) is 11.2 Å². The molecule has 1 aromatic carbocycles. The molecule has 132 valence electrons. The summed E-state index contributed by atoms with van der Waals surface area (Å²) >= 11 is 0. The number of nitrogens with one attached hydrogen (secondary N) is 1. The highest BCUT2D eigenvalue weighted by molar-refractivity contribution is 5.93. The van der Waals surface area contributed by atoms with Crippen LogP contribution in [-0.4, -0.2) is 38.9 Å². The third-order valence-corrected chi connectivity index (χ3v) is 6.05. The van der Waals surface area contributed by atoms with Gasteiger partial charge in [-0.05, 0) is 56.2 Å². The van der Waals surface area contributed by atoms with Gasteiger partial charge in [-0.1, -0.05) is 0 Å². The number of aromatic amines is 1. The number of aromatic nitrogens is 4. The van der Waals surface area contributed by atoms with Crippen LogP contribution < -0.4 is 9.64 Å². The molecule has 6 nitrogen and oxygen atoms in total. The van der Waals surface area contributed by atoms with Crippen molar-refractivity contribution in [3.05, 3.63) is 30.6 Å². The average Bonchev–Trinajstić information content (AvgIpc) is 3.46. The molecule has 0 radical (unpaired) electrons. The van der Waals surface area contributed by atoms with E-state index in [2.05, 4.69) is 44.1 Å². The molecule has 3 heterocycles. The van der Waals surface area contributed by atoms with Gasteiger partial charge in [0.15, 0.2) is 0 Å². The summed E-state index contributed by atoms with van der Waals surface area (Å²) in [6.45, 7) is 4.41. The molecular formula is C20H21N5O. The second-order valence-corrected chi connectivity index (χ2v) is 8.25. The number of piperidine rings is 1. The van der Waals surface area contributed by atoms with E-state index in [1.54, 1.807) is 6.33 Å². The second-order valence-electron chi connectivity index (χ2n) is 8.25. The zero-order valence-electron chi connectivity index (χ0n) is 14.8. The van der Waals surface area contributed by atoms with Gasteiger partial charge in [-0.15, -0.1) is 0 Å². The van der Waals surface area contributed by atoms with Crippen molar-refractivity contribution in [3.8, 4) is 17.1 Å². The van der Waals surface area contributed by atoms with Crippen LogP contribution in [0.15, 0.2) is 30.6 Å². The molecule has 26 heavy (non-hydrogen) atoms. The van der Waals surface area contributed by atoms with Crippen molar-refractivity contribution in [2.75, 3.05) is 18.0 Å². The van der Waals surface area contributed by atoms with Crippen molar-refractivity contribution in [1.82, 2.24) is 20.2 Å². The molecule has 1 N–H and O–H groups in total. The van der Waals surface area contributed by atoms with E-state index >= 15 is 0 Å². The van der Waals surface area contributed by atoms with Crippen LogP contribution in [0.25, 0.3) is 22.3 Å². The molecule has 0 amide bonds. The maximum Gasteiger partial charge on any atom is 0.132 e. The first-order chi connectivity index (χ1) is 12.7. The summed E-state index contributed by atoms with van der Waals surface area (Å²) in [5.41, 5.74) is 2.72. The van der Waals surface area contributed by atoms with Gasteiger partial charge < -0.3 is 9.64 Å². The van der Waals surface area contributed by atoms with Crippen LogP contribution in [-0.2, 0) is 0 Å². The Balaban J connectivity index is 1.37. The van der Waals surface area contributed by atoms with Crippen LogP contribution in [0.1, 0.15) is 26.2 Å². The Morgan fingerprint density at radius 1 is 1.15 bits per heavy atom. The van der Waals surface area contributed by atoms with Crippen molar-refractivity contribution >= 4 is 16.7 Å². The number of rotatable bonds is 4. The molecule has 3 fully saturated rings. The Morgan fingerprint density at radius 3 is 2.81 bits per heavy atom. The molecule has 0 bridgehead atoms. The molecule has 3 aliphatic rings. The third-order valence-electron chi connectivity index (χ3n) is 6.05. The van der Waals surface area contributed by atoms with Gasteiger partial charge in [-0.3, -0.25) is 5.10 Å². The van der Waals surface area contributed by atoms with E-state index in [0.717, 1.165) is 71.6 Å². The Labute approximate surface area is 151 Å². The SMILES string of the molecule is CC1(Oc2ccc3[nH]nc(-c4cc(N5C[C@H]6C[C@H]6C5)ncn4)c3c2)CC1. The number of hydrogen-bond donors (Lipinski definition) is 1. The highest BCUT2D eigenvalue weighted by Crippen LogP contribution is 2.46. The fourth-order valence-corrected chi connectivity index (χ4v) is 4.05. The van der Waals surface area contributed by atoms with E-state index in [9.17, 15) is 0 Å². The zero-order valence-corrected chi connectivity index (χ0v) is 14.8. The van der Waals surface area contributed by atoms with Gasteiger partial charge in [0, 0.05) is 24.5 Å². The van der Waals surface area contributed by atoms with E-state index in [-0.39, 0.29) is 5.60 Å². The Morgan fingerprint density at radius 2 is 2.00 bits per heavy atom. The fourth-order valence-electron chi connectivity index (χ4n) is 4.05. The first-order valence-electron chi connectivity index (χ1n) is 9.41. The molecule has 2 aromatic heterocycles. The first kappa shape index (κ1) is 14.5. The summed E-state index contributed by atoms with van der Waals surface area (Å²) in [6.07, 6.45) is 5.29. The minimum absolute atomic E-state index is 0.0102. The summed E-state index contributed by atoms with van der Waals surface area (Å²) in [4.78, 5) is 11.4. The normalized spacial score (nSPS) is 25.3. The fraction of sp³-hybridized carbons (Fsp3) is 0.450. The maximum atomic E-state index is 6.12. The molecule has 2 aliphatic carbocycles. The van der Waals surface area contributed by atoms with Gasteiger partial charge in [-0.2, -0.15) is 5.10 Å². The van der Waals surface area contributed by atoms with Crippen LogP contribution in [0.2, 0.25) is 0 Å². The number of ether oxygens (including phenoxy) is 1. The van der Waals surface area contributed by atoms with E-state index in [0.29, 0.717) is 0 Å². The number of H-pyrrole nitrogens is 1. The molecule has 2 atom stereocenters. The molecule has 6 heteroatoms. The second kappa shape index (κ2) is 4.96. The van der Waals surface area contributed by atoms with Crippen LogP contribution in [0, 0.1) is 11.8 Å². The van der Waals surface area contributed by atoms with E-state index in [1.165, 1.54) is 6.42 Å². The number of nitrogens with zero attached hydrogens (tertiary/aromatic N) is 4. The molecule has 3 aromatic rings. The Kier molecular flexibility index (Phi) is 2.77. The van der Waals surface area contributed by atoms with Gasteiger partial charge in [0.1, 0.15) is 29.2 Å². The zero-order chi connectivity index (χ0) is 17.3. The van der Waals surface area contributed by atoms with Crippen molar-refractivity contribution in [2.24, 2.45) is 11.8 Å². The Hall–Kier alpha value is -2.63. The first-order valence-corrected chi connectivity index (χ1v) is 9.41. The number of anilines is 1. The van der Waals surface area contributed by atoms with Gasteiger partial charge >= 0.3 is 0 Å². The van der Waals surface area contributed by atoms with Crippen LogP contribution in [0.3, 0.4) is 0 Å². The minimum atomic E-state index is 0.0102. The van der Waals surface area contributed by atoms with Gasteiger partial charge in [-0.25, -0.2) is 9.97 Å². The Bertz CT molecular complexity index is 998. The van der Waals surface area contributed by atoms with Crippen molar-refractivity contribution in [3.63, 3.8) is 0 Å². The monoisotopic (exact) mass is 347 g/mol. The van der Waals surface area contributed by atoms with Crippen molar-refractivity contribution < 1.29 is 4.74 Å². The minimum Gasteiger partial charge on any atom is -0.488 e. The standard InChI is InChI=1S/C20H21N5O/c1-20(4-5-20)26-14-2-3-16-15(7-14)19(24-23-16)17-8-18(22-11-21-17)25-9-12-6-13(12)10-25/h2-3,7-8,11-13H,4-6,9-10H2,1H3,(H,23,24)/t12-,13+. The summed E-state index contributed by atoms with van der Waals surface area (Å²) in [6, 6.07) is 8.18. The lowest BCUT2D eigenvalue weighted by molar-refractivity contribution is 0.200.